The number of halogens is 1. The van der Waals surface area contributed by atoms with Crippen molar-refractivity contribution in [1.29, 1.82) is 0 Å². The second-order valence-corrected chi connectivity index (χ2v) is 6.44. The van der Waals surface area contributed by atoms with E-state index in [1.54, 1.807) is 6.07 Å². The SMILES string of the molecule is Cc1cc(C(CN)N2CCCN3CCCC3C2)ccc1F. The highest BCUT2D eigenvalue weighted by atomic mass is 19.1. The van der Waals surface area contributed by atoms with E-state index >= 15 is 0 Å². The highest BCUT2D eigenvalue weighted by Gasteiger charge is 2.31. The summed E-state index contributed by atoms with van der Waals surface area (Å²) in [5, 5.41) is 0. The molecule has 21 heavy (non-hydrogen) atoms. The maximum atomic E-state index is 13.5. The lowest BCUT2D eigenvalue weighted by atomic mass is 10.0. The zero-order chi connectivity index (χ0) is 14.8. The van der Waals surface area contributed by atoms with E-state index in [4.69, 9.17) is 5.73 Å². The molecular weight excluding hydrogens is 265 g/mol. The zero-order valence-electron chi connectivity index (χ0n) is 12.9. The largest absolute Gasteiger partial charge is 0.329 e. The van der Waals surface area contributed by atoms with Gasteiger partial charge in [0.05, 0.1) is 0 Å². The first-order valence-corrected chi connectivity index (χ1v) is 8.13. The first-order valence-electron chi connectivity index (χ1n) is 8.13. The predicted octanol–water partition coefficient (Wildman–Crippen LogP) is 2.30. The van der Waals surface area contributed by atoms with Gasteiger partial charge in [0.1, 0.15) is 5.82 Å². The lowest BCUT2D eigenvalue weighted by Crippen LogP contribution is -2.40. The lowest BCUT2D eigenvalue weighted by Gasteiger charge is -2.32. The van der Waals surface area contributed by atoms with E-state index in [9.17, 15) is 4.39 Å². The summed E-state index contributed by atoms with van der Waals surface area (Å²) in [6.45, 7) is 7.07. The molecule has 116 valence electrons. The van der Waals surface area contributed by atoms with Crippen LogP contribution < -0.4 is 5.73 Å². The van der Waals surface area contributed by atoms with Gasteiger partial charge in [-0.15, -0.1) is 0 Å². The fourth-order valence-corrected chi connectivity index (χ4v) is 3.89. The van der Waals surface area contributed by atoms with Crippen molar-refractivity contribution in [2.24, 2.45) is 5.73 Å². The molecule has 3 nitrogen and oxygen atoms in total. The topological polar surface area (TPSA) is 32.5 Å². The molecule has 0 spiro atoms. The summed E-state index contributed by atoms with van der Waals surface area (Å²) >= 11 is 0. The van der Waals surface area contributed by atoms with E-state index in [0.29, 0.717) is 18.2 Å². The Bertz CT molecular complexity index is 491. The van der Waals surface area contributed by atoms with Crippen molar-refractivity contribution in [3.8, 4) is 0 Å². The summed E-state index contributed by atoms with van der Waals surface area (Å²) < 4.78 is 13.5. The minimum absolute atomic E-state index is 0.132. The van der Waals surface area contributed by atoms with Gasteiger partial charge < -0.3 is 5.73 Å². The molecule has 0 bridgehead atoms. The van der Waals surface area contributed by atoms with Gasteiger partial charge in [-0.05, 0) is 56.5 Å². The minimum Gasteiger partial charge on any atom is -0.329 e. The van der Waals surface area contributed by atoms with Crippen molar-refractivity contribution in [3.05, 3.63) is 35.1 Å². The third-order valence-corrected chi connectivity index (χ3v) is 5.07. The van der Waals surface area contributed by atoms with Gasteiger partial charge in [-0.25, -0.2) is 4.39 Å². The van der Waals surface area contributed by atoms with Crippen LogP contribution in [0.4, 0.5) is 4.39 Å². The van der Waals surface area contributed by atoms with Crippen molar-refractivity contribution < 1.29 is 4.39 Å². The van der Waals surface area contributed by atoms with E-state index in [0.717, 1.165) is 18.7 Å². The lowest BCUT2D eigenvalue weighted by molar-refractivity contribution is 0.176. The van der Waals surface area contributed by atoms with Crippen LogP contribution in [-0.4, -0.2) is 48.6 Å². The van der Waals surface area contributed by atoms with Crippen molar-refractivity contribution >= 4 is 0 Å². The van der Waals surface area contributed by atoms with Gasteiger partial charge in [0.25, 0.3) is 0 Å². The fourth-order valence-electron chi connectivity index (χ4n) is 3.89. The Labute approximate surface area is 126 Å². The molecule has 0 saturated carbocycles. The van der Waals surface area contributed by atoms with Gasteiger partial charge in [-0.2, -0.15) is 0 Å². The summed E-state index contributed by atoms with van der Waals surface area (Å²) in [5.41, 5.74) is 7.93. The Morgan fingerprint density at radius 1 is 1.29 bits per heavy atom. The highest BCUT2D eigenvalue weighted by molar-refractivity contribution is 5.27. The average Bonchev–Trinajstić information content (AvgIpc) is 2.82. The molecule has 0 radical (unpaired) electrons. The molecule has 2 saturated heterocycles. The van der Waals surface area contributed by atoms with Crippen molar-refractivity contribution in [3.63, 3.8) is 0 Å². The van der Waals surface area contributed by atoms with E-state index in [1.807, 2.05) is 19.1 Å². The number of hydrogen-bond acceptors (Lipinski definition) is 3. The molecule has 0 aromatic heterocycles. The number of nitrogens with zero attached hydrogens (tertiary/aromatic N) is 2. The van der Waals surface area contributed by atoms with E-state index < -0.39 is 0 Å². The summed E-state index contributed by atoms with van der Waals surface area (Å²) in [6, 6.07) is 6.34. The van der Waals surface area contributed by atoms with Crippen LogP contribution in [-0.2, 0) is 0 Å². The fraction of sp³-hybridized carbons (Fsp3) is 0.647. The zero-order valence-corrected chi connectivity index (χ0v) is 12.9. The van der Waals surface area contributed by atoms with Gasteiger partial charge in [-0.1, -0.05) is 12.1 Å². The standard InChI is InChI=1S/C17H26FN3/c1-13-10-14(5-6-16(13)18)17(11-19)21-9-3-8-20-7-2-4-15(20)12-21/h5-6,10,15,17H,2-4,7-9,11-12,19H2,1H3. The molecule has 2 N–H and O–H groups in total. The monoisotopic (exact) mass is 291 g/mol. The Kier molecular flexibility index (Phi) is 4.57. The van der Waals surface area contributed by atoms with Crippen LogP contribution in [0.1, 0.15) is 36.4 Å². The van der Waals surface area contributed by atoms with Gasteiger partial charge >= 0.3 is 0 Å². The van der Waals surface area contributed by atoms with Gasteiger partial charge in [0.2, 0.25) is 0 Å². The van der Waals surface area contributed by atoms with Gasteiger partial charge in [0, 0.05) is 31.7 Å². The minimum atomic E-state index is -0.132. The second-order valence-electron chi connectivity index (χ2n) is 6.44. The molecule has 2 atom stereocenters. The van der Waals surface area contributed by atoms with Crippen molar-refractivity contribution in [2.45, 2.75) is 38.3 Å². The van der Waals surface area contributed by atoms with Crippen LogP contribution in [0, 0.1) is 12.7 Å². The number of nitrogens with two attached hydrogens (primary N) is 1. The molecule has 0 amide bonds. The Hall–Kier alpha value is -0.970. The second kappa shape index (κ2) is 6.42. The van der Waals surface area contributed by atoms with Crippen LogP contribution in [0.25, 0.3) is 0 Å². The van der Waals surface area contributed by atoms with Crippen molar-refractivity contribution in [2.75, 3.05) is 32.7 Å². The molecule has 0 aliphatic carbocycles. The van der Waals surface area contributed by atoms with Crippen LogP contribution in [0.3, 0.4) is 0 Å². The predicted molar refractivity (Wildman–Crippen MR) is 83.7 cm³/mol. The number of benzene rings is 1. The molecule has 4 heteroatoms. The molecule has 1 aromatic carbocycles. The third kappa shape index (κ3) is 3.12. The van der Waals surface area contributed by atoms with Gasteiger partial charge in [0.15, 0.2) is 0 Å². The Balaban J connectivity index is 1.79. The summed E-state index contributed by atoms with van der Waals surface area (Å²) in [7, 11) is 0. The smallest absolute Gasteiger partial charge is 0.126 e. The van der Waals surface area contributed by atoms with Crippen LogP contribution >= 0.6 is 0 Å². The van der Waals surface area contributed by atoms with E-state index in [2.05, 4.69) is 9.80 Å². The number of hydrogen-bond donors (Lipinski definition) is 1. The van der Waals surface area contributed by atoms with Crippen molar-refractivity contribution in [1.82, 2.24) is 9.80 Å². The van der Waals surface area contributed by atoms with Crippen LogP contribution in [0.2, 0.25) is 0 Å². The number of aryl methyl sites for hydroxylation is 1. The molecule has 1 aromatic rings. The van der Waals surface area contributed by atoms with Crippen LogP contribution in [0.15, 0.2) is 18.2 Å². The molecule has 2 unspecified atom stereocenters. The molecule has 2 aliphatic heterocycles. The quantitative estimate of drug-likeness (QED) is 0.927. The van der Waals surface area contributed by atoms with E-state index in [1.165, 1.54) is 32.4 Å². The Morgan fingerprint density at radius 3 is 2.86 bits per heavy atom. The third-order valence-electron chi connectivity index (χ3n) is 5.07. The first-order chi connectivity index (χ1) is 10.2. The van der Waals surface area contributed by atoms with Crippen LogP contribution in [0.5, 0.6) is 0 Å². The first kappa shape index (κ1) is 14.9. The average molecular weight is 291 g/mol. The number of rotatable bonds is 3. The Morgan fingerprint density at radius 2 is 2.10 bits per heavy atom. The molecule has 2 fully saturated rings. The molecule has 2 heterocycles. The van der Waals surface area contributed by atoms with E-state index in [-0.39, 0.29) is 11.9 Å². The maximum absolute atomic E-state index is 13.5. The molecular formula is C17H26FN3. The maximum Gasteiger partial charge on any atom is 0.126 e. The summed E-state index contributed by atoms with van der Waals surface area (Å²) in [5.74, 6) is -0.132. The summed E-state index contributed by atoms with van der Waals surface area (Å²) in [6.07, 6.45) is 3.82. The molecule has 3 rings (SSSR count). The normalized spacial score (nSPS) is 25.6. The highest BCUT2D eigenvalue weighted by Crippen LogP contribution is 2.28. The molecule has 2 aliphatic rings. The van der Waals surface area contributed by atoms with Gasteiger partial charge in [-0.3, -0.25) is 9.80 Å². The number of fused-ring (bicyclic) bond motifs is 1. The summed E-state index contributed by atoms with van der Waals surface area (Å²) in [4.78, 5) is 5.14.